The predicted molar refractivity (Wildman–Crippen MR) is 468 cm³/mol. The Hall–Kier alpha value is -13.4. The van der Waals surface area contributed by atoms with Crippen LogP contribution < -0.4 is 26.2 Å². The molecule has 0 unspecified atom stereocenters. The number of rotatable bonds is 10. The number of benzene rings is 16. The number of hydrogen-bond acceptors (Lipinski definition) is 2. The standard InChI is InChI=1S/C104H78BN5/c1-103(2,3)77-55-76(56-78(62-77)104(4,5)6)71-47-50-90-98(61-71)109(81-57-72(67-29-11-7-12-30-67)53-73(58-81)68-31-13-8-14-32-68)100-65-83(108-96-46-28-23-41-88(96)89-63-79(49-52-97(89)108)106-92-42-24-19-37-84(92)85-38-20-25-43-93(85)106)66-101-102(100)105(90)91-51-48-80(107-94-44-26-21-39-86(94)87-40-22-27-45-95(87)107)64-99(91)110(101)82-59-74(69-33-15-9-16-34-69)54-75(60-82)70-35-17-10-18-36-70/h7-66H,1-6H3/i21D,22D,23D,26D,27D,28D,39D,40D,41D,44D,45D,46D. The third kappa shape index (κ3) is 10.5. The zero-order valence-electron chi connectivity index (χ0n) is 73.5. The fourth-order valence-corrected chi connectivity index (χ4v) is 17.3. The first-order valence-electron chi connectivity index (χ1n) is 43.6. The molecule has 0 saturated carbocycles. The summed E-state index contributed by atoms with van der Waals surface area (Å²) < 4.78 is 122. The molecule has 0 saturated heterocycles. The third-order valence-electron chi connectivity index (χ3n) is 22.6. The number of nitrogens with zero attached hydrogens (tertiary/aromatic N) is 5. The minimum Gasteiger partial charge on any atom is -0.311 e. The van der Waals surface area contributed by atoms with Crippen LogP contribution in [0, 0.1) is 0 Å². The molecule has 0 fully saturated rings. The lowest BCUT2D eigenvalue weighted by molar-refractivity contribution is 0.569. The molecule has 2 aliphatic rings. The molecule has 3 aromatic heterocycles. The molecule has 5 heterocycles. The average molecular weight is 1420 g/mol. The Morgan fingerprint density at radius 1 is 0.236 bits per heavy atom. The van der Waals surface area contributed by atoms with Crippen molar-refractivity contribution in [3.8, 4) is 72.7 Å². The molecule has 2 aliphatic heterocycles. The molecule has 6 heteroatoms. The lowest BCUT2D eigenvalue weighted by Gasteiger charge is -2.45. The lowest BCUT2D eigenvalue weighted by Crippen LogP contribution is -2.61. The van der Waals surface area contributed by atoms with Crippen molar-refractivity contribution in [3.05, 3.63) is 375 Å². The zero-order valence-corrected chi connectivity index (χ0v) is 61.5. The van der Waals surface area contributed by atoms with Gasteiger partial charge in [-0.2, -0.15) is 0 Å². The summed E-state index contributed by atoms with van der Waals surface area (Å²) in [6, 6.07) is 96.6. The van der Waals surface area contributed by atoms with Crippen LogP contribution in [0.15, 0.2) is 364 Å². The molecule has 522 valence electrons. The number of para-hydroxylation sites is 5. The summed E-state index contributed by atoms with van der Waals surface area (Å²) in [5.41, 5.74) is 22.9. The van der Waals surface area contributed by atoms with Crippen molar-refractivity contribution in [3.63, 3.8) is 0 Å². The quantitative estimate of drug-likeness (QED) is 0.127. The Bertz CT molecular complexity index is 7420. The van der Waals surface area contributed by atoms with Crippen LogP contribution in [0.25, 0.3) is 138 Å². The highest BCUT2D eigenvalue weighted by Crippen LogP contribution is 2.51. The predicted octanol–water partition coefficient (Wildman–Crippen LogP) is 26.0. The van der Waals surface area contributed by atoms with Crippen LogP contribution in [0.3, 0.4) is 0 Å². The highest BCUT2D eigenvalue weighted by Gasteiger charge is 2.45. The summed E-state index contributed by atoms with van der Waals surface area (Å²) in [6.07, 6.45) is 0. The van der Waals surface area contributed by atoms with Gasteiger partial charge in [0.15, 0.2) is 0 Å². The highest BCUT2D eigenvalue weighted by molar-refractivity contribution is 7.00. The monoisotopic (exact) mass is 1420 g/mol. The van der Waals surface area contributed by atoms with Crippen LogP contribution in [0.4, 0.5) is 34.1 Å². The summed E-state index contributed by atoms with van der Waals surface area (Å²) in [5.74, 6) is 0. The van der Waals surface area contributed by atoms with Crippen molar-refractivity contribution in [1.82, 2.24) is 13.7 Å². The Morgan fingerprint density at radius 2 is 0.591 bits per heavy atom. The first-order chi connectivity index (χ1) is 58.8. The van der Waals surface area contributed by atoms with E-state index in [2.05, 4.69) is 256 Å². The number of hydrogen-bond donors (Lipinski definition) is 0. The van der Waals surface area contributed by atoms with Gasteiger partial charge in [-0.1, -0.05) is 290 Å². The second-order valence-electron chi connectivity index (χ2n) is 31.2. The fourth-order valence-electron chi connectivity index (χ4n) is 17.3. The molecule has 16 aromatic carbocycles. The van der Waals surface area contributed by atoms with E-state index in [4.69, 9.17) is 2.74 Å². The Labute approximate surface area is 659 Å². The number of anilines is 6. The molecule has 0 spiro atoms. The molecular weight excluding hydrogens is 1330 g/mol. The second-order valence-corrected chi connectivity index (χ2v) is 31.2. The largest absolute Gasteiger partial charge is 0.311 e. The van der Waals surface area contributed by atoms with E-state index in [0.717, 1.165) is 117 Å². The van der Waals surface area contributed by atoms with Crippen molar-refractivity contribution in [2.24, 2.45) is 0 Å². The maximum absolute atomic E-state index is 10.4. The first-order valence-corrected chi connectivity index (χ1v) is 37.6. The number of aromatic nitrogens is 3. The minimum atomic E-state index is -0.644. The van der Waals surface area contributed by atoms with Crippen LogP contribution >= 0.6 is 0 Å². The van der Waals surface area contributed by atoms with E-state index in [1.807, 2.05) is 95.6 Å². The molecule has 0 amide bonds. The zero-order chi connectivity index (χ0) is 84.1. The van der Waals surface area contributed by atoms with Gasteiger partial charge in [0.2, 0.25) is 0 Å². The van der Waals surface area contributed by atoms with Gasteiger partial charge in [-0.15, -0.1) is 0 Å². The van der Waals surface area contributed by atoms with Crippen molar-refractivity contribution in [2.75, 3.05) is 9.80 Å². The van der Waals surface area contributed by atoms with Gasteiger partial charge < -0.3 is 23.5 Å². The van der Waals surface area contributed by atoms with Crippen LogP contribution in [0.5, 0.6) is 0 Å². The van der Waals surface area contributed by atoms with Crippen molar-refractivity contribution in [2.45, 2.75) is 52.4 Å². The molecule has 0 radical (unpaired) electrons. The molecule has 21 rings (SSSR count). The van der Waals surface area contributed by atoms with Gasteiger partial charge in [0.05, 0.1) is 55.2 Å². The third-order valence-corrected chi connectivity index (χ3v) is 22.6. The fraction of sp³-hybridized carbons (Fsp3) is 0.0769. The Kier molecular flexibility index (Phi) is 12.2. The summed E-state index contributed by atoms with van der Waals surface area (Å²) in [7, 11) is 0. The van der Waals surface area contributed by atoms with Gasteiger partial charge in [0.25, 0.3) is 6.71 Å². The van der Waals surface area contributed by atoms with E-state index in [9.17, 15) is 13.7 Å². The minimum absolute atomic E-state index is 0.0242. The van der Waals surface area contributed by atoms with Gasteiger partial charge in [-0.05, 0) is 209 Å². The molecular formula is C104H78BN5. The summed E-state index contributed by atoms with van der Waals surface area (Å²) >= 11 is 0. The van der Waals surface area contributed by atoms with E-state index in [1.54, 1.807) is 4.57 Å². The first kappa shape index (κ1) is 53.4. The van der Waals surface area contributed by atoms with Crippen molar-refractivity contribution < 1.29 is 16.4 Å². The lowest BCUT2D eigenvalue weighted by atomic mass is 9.33. The molecule has 0 bridgehead atoms. The average Bonchev–Trinajstić information content (AvgIpc) is 1.17. The molecule has 0 N–H and O–H groups in total. The molecule has 110 heavy (non-hydrogen) atoms. The maximum atomic E-state index is 10.4. The van der Waals surface area contributed by atoms with Crippen LogP contribution in [-0.2, 0) is 10.8 Å². The molecule has 19 aromatic rings. The van der Waals surface area contributed by atoms with Gasteiger partial charge in [-0.25, -0.2) is 0 Å². The van der Waals surface area contributed by atoms with Gasteiger partial charge in [0.1, 0.15) is 0 Å². The van der Waals surface area contributed by atoms with Gasteiger partial charge >= 0.3 is 0 Å². The van der Waals surface area contributed by atoms with E-state index in [1.165, 1.54) is 11.1 Å². The van der Waals surface area contributed by atoms with Crippen LogP contribution in [-0.4, -0.2) is 20.4 Å². The van der Waals surface area contributed by atoms with Gasteiger partial charge in [-0.3, -0.25) is 0 Å². The van der Waals surface area contributed by atoms with E-state index in [0.29, 0.717) is 44.7 Å². The smallest absolute Gasteiger partial charge is 0.252 e. The van der Waals surface area contributed by atoms with Crippen LogP contribution in [0.1, 0.15) is 69.1 Å². The van der Waals surface area contributed by atoms with Crippen LogP contribution in [0.2, 0.25) is 0 Å². The maximum Gasteiger partial charge on any atom is 0.252 e. The molecule has 5 nitrogen and oxygen atoms in total. The van der Waals surface area contributed by atoms with Gasteiger partial charge in [0, 0.05) is 77.8 Å². The summed E-state index contributed by atoms with van der Waals surface area (Å²) in [4.78, 5) is 4.67. The van der Waals surface area contributed by atoms with E-state index in [-0.39, 0.29) is 56.3 Å². The Morgan fingerprint density at radius 3 is 1.05 bits per heavy atom. The Balaban J connectivity index is 0.956. The SMILES string of the molecule is [2H]c1c([2H])c([2H])c2c(c1[2H])c1cc(-n3c4ccccc4c4ccccc43)ccc1n2-c1cc2c3c(c1)N(c1cc(-c4ccccc4)cc(-c4ccccc4)c1)c1cc(-n4c5c([2H])c([2H])c([2H])c([2H])c5c5c([2H])c([2H])c([2H])c([2H])c54)ccc1B3c1ccc(-c3cc(C(C)(C)C)cc(C(C)(C)C)c3)cc1N2c1cc(-c2ccccc2)cc(-c2ccccc2)c1. The topological polar surface area (TPSA) is 21.3 Å². The van der Waals surface area contributed by atoms with Crippen molar-refractivity contribution >= 4 is 123 Å². The van der Waals surface area contributed by atoms with E-state index < -0.39 is 61.1 Å². The summed E-state index contributed by atoms with van der Waals surface area (Å²) in [5, 5.41) is 2.95. The molecule has 0 atom stereocenters. The van der Waals surface area contributed by atoms with E-state index >= 15 is 0 Å². The van der Waals surface area contributed by atoms with Crippen molar-refractivity contribution in [1.29, 1.82) is 0 Å². The molecule has 0 aliphatic carbocycles. The second kappa shape index (κ2) is 25.1. The normalized spacial score (nSPS) is 14.3. The highest BCUT2D eigenvalue weighted by atomic mass is 15.2. The number of fused-ring (bicyclic) bond motifs is 13. The summed E-state index contributed by atoms with van der Waals surface area (Å²) in [6.45, 7) is 12.9.